The first-order chi connectivity index (χ1) is 10.9. The summed E-state index contributed by atoms with van der Waals surface area (Å²) >= 11 is 1.68. The smallest absolute Gasteiger partial charge is 0.255 e. The van der Waals surface area contributed by atoms with Crippen molar-refractivity contribution in [3.05, 3.63) is 52.2 Å². The first-order valence-corrected chi connectivity index (χ1v) is 8.10. The van der Waals surface area contributed by atoms with Gasteiger partial charge in [-0.1, -0.05) is 19.9 Å². The molecular formula is C17H20N2O3S. The van der Waals surface area contributed by atoms with E-state index in [4.69, 9.17) is 10.5 Å². The van der Waals surface area contributed by atoms with Crippen LogP contribution in [0.1, 0.15) is 29.1 Å². The van der Waals surface area contributed by atoms with E-state index in [0.717, 1.165) is 0 Å². The molecule has 1 heterocycles. The summed E-state index contributed by atoms with van der Waals surface area (Å²) in [5.41, 5.74) is 5.44. The van der Waals surface area contributed by atoms with Gasteiger partial charge in [0.25, 0.3) is 11.8 Å². The molecule has 0 aliphatic heterocycles. The number of thiophene rings is 1. The Morgan fingerprint density at radius 3 is 2.48 bits per heavy atom. The van der Waals surface area contributed by atoms with Crippen molar-refractivity contribution in [2.24, 2.45) is 5.73 Å². The van der Waals surface area contributed by atoms with E-state index in [1.807, 2.05) is 11.4 Å². The molecule has 5 nitrogen and oxygen atoms in total. The normalized spacial score (nSPS) is 11.0. The van der Waals surface area contributed by atoms with Gasteiger partial charge in [-0.3, -0.25) is 9.59 Å². The minimum absolute atomic E-state index is 0.117. The number of nitrogens with one attached hydrogen (secondary N) is 1. The fraction of sp³-hybridized carbons (Fsp3) is 0.294. The Kier molecular flexibility index (Phi) is 5.39. The minimum Gasteiger partial charge on any atom is -0.484 e. The van der Waals surface area contributed by atoms with Gasteiger partial charge in [-0.05, 0) is 35.7 Å². The third kappa shape index (κ3) is 4.82. The lowest BCUT2D eigenvalue weighted by Gasteiger charge is -2.23. The van der Waals surface area contributed by atoms with Gasteiger partial charge in [0.05, 0.1) is 0 Å². The van der Waals surface area contributed by atoms with Crippen molar-refractivity contribution >= 4 is 23.2 Å². The van der Waals surface area contributed by atoms with Crippen LogP contribution in [0.2, 0.25) is 0 Å². The summed E-state index contributed by atoms with van der Waals surface area (Å²) < 4.78 is 5.16. The Morgan fingerprint density at radius 2 is 1.91 bits per heavy atom. The molecule has 2 rings (SSSR count). The first kappa shape index (κ1) is 17.0. The topological polar surface area (TPSA) is 81.4 Å². The zero-order chi connectivity index (χ0) is 16.9. The highest BCUT2D eigenvalue weighted by atomic mass is 32.1. The average Bonchev–Trinajstić information content (AvgIpc) is 3.06. The maximum Gasteiger partial charge on any atom is 0.255 e. The second kappa shape index (κ2) is 7.28. The Bertz CT molecular complexity index is 664. The van der Waals surface area contributed by atoms with Gasteiger partial charge >= 0.3 is 0 Å². The third-order valence-corrected chi connectivity index (χ3v) is 4.61. The fourth-order valence-corrected chi connectivity index (χ4v) is 2.86. The summed E-state index contributed by atoms with van der Waals surface area (Å²) in [6.45, 7) is 4.56. The highest BCUT2D eigenvalue weighted by Gasteiger charge is 2.22. The summed E-state index contributed by atoms with van der Waals surface area (Å²) in [6, 6.07) is 10.7. The van der Waals surface area contributed by atoms with Crippen LogP contribution in [0.4, 0.5) is 0 Å². The van der Waals surface area contributed by atoms with Gasteiger partial charge in [0, 0.05) is 22.4 Å². The molecule has 3 N–H and O–H groups in total. The standard InChI is InChI=1S/C17H20N2O3S/c1-17(2,14-4-3-9-23-14)11-19-16(21)12-5-7-13(8-6-12)22-10-15(18)20/h3-9H,10-11H2,1-2H3,(H2,18,20)(H,19,21). The molecule has 2 aromatic rings. The van der Waals surface area contributed by atoms with Crippen LogP contribution in [-0.4, -0.2) is 25.0 Å². The van der Waals surface area contributed by atoms with E-state index in [-0.39, 0.29) is 17.9 Å². The lowest BCUT2D eigenvalue weighted by molar-refractivity contribution is -0.119. The van der Waals surface area contributed by atoms with Crippen LogP contribution in [0.25, 0.3) is 0 Å². The molecule has 1 aromatic carbocycles. The molecule has 0 fully saturated rings. The molecule has 6 heteroatoms. The molecule has 0 spiro atoms. The summed E-state index contributed by atoms with van der Waals surface area (Å²) in [5.74, 6) is -0.182. The Morgan fingerprint density at radius 1 is 1.22 bits per heavy atom. The van der Waals surface area contributed by atoms with E-state index in [2.05, 4.69) is 25.2 Å². The molecule has 0 saturated heterocycles. The summed E-state index contributed by atoms with van der Waals surface area (Å²) in [7, 11) is 0. The van der Waals surface area contributed by atoms with Gasteiger partial charge in [0.1, 0.15) is 5.75 Å². The lowest BCUT2D eigenvalue weighted by Crippen LogP contribution is -2.36. The number of carbonyl (C=O) groups is 2. The van der Waals surface area contributed by atoms with Crippen LogP contribution in [0.3, 0.4) is 0 Å². The average molecular weight is 332 g/mol. The van der Waals surface area contributed by atoms with Crippen LogP contribution in [0.5, 0.6) is 5.75 Å². The van der Waals surface area contributed by atoms with Crippen molar-refractivity contribution in [3.8, 4) is 5.75 Å². The molecule has 0 aliphatic carbocycles. The van der Waals surface area contributed by atoms with Crippen LogP contribution in [0, 0.1) is 0 Å². The van der Waals surface area contributed by atoms with Crippen LogP contribution >= 0.6 is 11.3 Å². The molecular weight excluding hydrogens is 312 g/mol. The lowest BCUT2D eigenvalue weighted by atomic mass is 9.91. The monoisotopic (exact) mass is 332 g/mol. The molecule has 0 saturated carbocycles. The second-order valence-electron chi connectivity index (χ2n) is 5.82. The number of ether oxygens (including phenoxy) is 1. The van der Waals surface area contributed by atoms with Crippen LogP contribution in [-0.2, 0) is 10.2 Å². The zero-order valence-corrected chi connectivity index (χ0v) is 14.0. The largest absolute Gasteiger partial charge is 0.484 e. The quantitative estimate of drug-likeness (QED) is 0.816. The number of hydrogen-bond donors (Lipinski definition) is 2. The SMILES string of the molecule is CC(C)(CNC(=O)c1ccc(OCC(N)=O)cc1)c1cccs1. The number of benzene rings is 1. The van der Waals surface area contributed by atoms with E-state index < -0.39 is 5.91 Å². The number of amides is 2. The number of hydrogen-bond acceptors (Lipinski definition) is 4. The second-order valence-corrected chi connectivity index (χ2v) is 6.77. The van der Waals surface area contributed by atoms with E-state index in [1.165, 1.54) is 4.88 Å². The highest BCUT2D eigenvalue weighted by molar-refractivity contribution is 7.10. The third-order valence-electron chi connectivity index (χ3n) is 3.38. The Labute approximate surface area is 139 Å². The molecule has 122 valence electrons. The summed E-state index contributed by atoms with van der Waals surface area (Å²) in [5, 5.41) is 4.98. The molecule has 2 amide bonds. The summed E-state index contributed by atoms with van der Waals surface area (Å²) in [4.78, 5) is 24.1. The van der Waals surface area contributed by atoms with Gasteiger partial charge in [-0.15, -0.1) is 11.3 Å². The van der Waals surface area contributed by atoms with E-state index >= 15 is 0 Å². The van der Waals surface area contributed by atoms with Gasteiger partial charge in [0.15, 0.2) is 6.61 Å². The summed E-state index contributed by atoms with van der Waals surface area (Å²) in [6.07, 6.45) is 0. The predicted octanol–water partition coefficient (Wildman–Crippen LogP) is 2.32. The van der Waals surface area contributed by atoms with Gasteiger partial charge in [0.2, 0.25) is 0 Å². The maximum atomic E-state index is 12.2. The van der Waals surface area contributed by atoms with Crippen LogP contribution in [0.15, 0.2) is 41.8 Å². The van der Waals surface area contributed by atoms with Gasteiger partial charge < -0.3 is 15.8 Å². The molecule has 0 radical (unpaired) electrons. The predicted molar refractivity (Wildman–Crippen MR) is 90.8 cm³/mol. The maximum absolute atomic E-state index is 12.2. The van der Waals surface area contributed by atoms with Gasteiger partial charge in [-0.2, -0.15) is 0 Å². The minimum atomic E-state index is -0.539. The molecule has 23 heavy (non-hydrogen) atoms. The fourth-order valence-electron chi connectivity index (χ4n) is 2.01. The van der Waals surface area contributed by atoms with Crippen molar-refractivity contribution in [2.75, 3.05) is 13.2 Å². The van der Waals surface area contributed by atoms with Crippen molar-refractivity contribution in [1.29, 1.82) is 0 Å². The molecule has 0 atom stereocenters. The van der Waals surface area contributed by atoms with E-state index in [9.17, 15) is 9.59 Å². The number of rotatable bonds is 7. The van der Waals surface area contributed by atoms with Crippen molar-refractivity contribution in [1.82, 2.24) is 5.32 Å². The Balaban J connectivity index is 1.92. The molecule has 0 bridgehead atoms. The van der Waals surface area contributed by atoms with Crippen molar-refractivity contribution < 1.29 is 14.3 Å². The molecule has 0 aliphatic rings. The number of primary amides is 1. The highest BCUT2D eigenvalue weighted by Crippen LogP contribution is 2.26. The Hall–Kier alpha value is -2.34. The number of nitrogens with two attached hydrogens (primary N) is 1. The number of carbonyl (C=O) groups excluding carboxylic acids is 2. The van der Waals surface area contributed by atoms with Crippen molar-refractivity contribution in [2.45, 2.75) is 19.3 Å². The molecule has 0 unspecified atom stereocenters. The van der Waals surface area contributed by atoms with E-state index in [0.29, 0.717) is 17.9 Å². The van der Waals surface area contributed by atoms with E-state index in [1.54, 1.807) is 35.6 Å². The zero-order valence-electron chi connectivity index (χ0n) is 13.2. The molecule has 1 aromatic heterocycles. The van der Waals surface area contributed by atoms with Crippen molar-refractivity contribution in [3.63, 3.8) is 0 Å². The van der Waals surface area contributed by atoms with Gasteiger partial charge in [-0.25, -0.2) is 0 Å². The first-order valence-electron chi connectivity index (χ1n) is 7.22. The van der Waals surface area contributed by atoms with Crippen LogP contribution < -0.4 is 15.8 Å².